The molecule has 2 aromatic rings. The van der Waals surface area contributed by atoms with Crippen LogP contribution in [0.1, 0.15) is 49.3 Å². The Morgan fingerprint density at radius 3 is 2.50 bits per heavy atom. The van der Waals surface area contributed by atoms with Crippen LogP contribution in [0.25, 0.3) is 11.1 Å². The molecule has 5 rings (SSSR count). The predicted molar refractivity (Wildman–Crippen MR) is 128 cm³/mol. The molecule has 1 aromatic heterocycles. The smallest absolute Gasteiger partial charge is 0.346 e. The summed E-state index contributed by atoms with van der Waals surface area (Å²) in [6.07, 6.45) is 8.23. The van der Waals surface area contributed by atoms with Crippen molar-refractivity contribution in [3.05, 3.63) is 53.3 Å². The van der Waals surface area contributed by atoms with E-state index in [9.17, 15) is 0 Å². The van der Waals surface area contributed by atoms with E-state index in [4.69, 9.17) is 35.8 Å². The van der Waals surface area contributed by atoms with Crippen LogP contribution in [0.3, 0.4) is 0 Å². The van der Waals surface area contributed by atoms with Gasteiger partial charge in [0.15, 0.2) is 5.66 Å². The van der Waals surface area contributed by atoms with Crippen LogP contribution < -0.4 is 5.73 Å². The third kappa shape index (κ3) is 3.71. The predicted octanol–water partition coefficient (Wildman–Crippen LogP) is 1.85. The van der Waals surface area contributed by atoms with Crippen molar-refractivity contribution in [3.8, 4) is 23.0 Å². The van der Waals surface area contributed by atoms with Crippen molar-refractivity contribution in [1.82, 2.24) is 4.98 Å². The fraction of sp³-hybridized carbons (Fsp3) is 0.423. The van der Waals surface area contributed by atoms with Gasteiger partial charge in [0, 0.05) is 41.6 Å². The van der Waals surface area contributed by atoms with E-state index in [2.05, 4.69) is 23.0 Å². The number of methoxy groups -OCH3 is 1. The van der Waals surface area contributed by atoms with Crippen LogP contribution >= 0.6 is 0 Å². The fourth-order valence-corrected chi connectivity index (χ4v) is 5.67. The lowest BCUT2D eigenvalue weighted by Crippen LogP contribution is -2.43. The fourth-order valence-electron chi connectivity index (χ4n) is 5.67. The van der Waals surface area contributed by atoms with Crippen LogP contribution in [0, 0.1) is 17.3 Å². The normalized spacial score (nSPS) is 27.9. The van der Waals surface area contributed by atoms with Gasteiger partial charge in [0.2, 0.25) is 0 Å². The van der Waals surface area contributed by atoms with Crippen molar-refractivity contribution in [3.63, 3.8) is 0 Å². The molecule has 1 fully saturated rings. The number of aliphatic imine (C=N–C) groups is 2. The molecule has 5 N–H and O–H groups in total. The lowest BCUT2D eigenvalue weighted by molar-refractivity contribution is -0.265. The molecule has 0 bridgehead atoms. The highest BCUT2D eigenvalue weighted by molar-refractivity contribution is 6.41. The van der Waals surface area contributed by atoms with E-state index >= 15 is 0 Å². The van der Waals surface area contributed by atoms with Gasteiger partial charge in [-0.05, 0) is 68.2 Å². The molecule has 176 valence electrons. The number of fused-ring (bicyclic) bond motifs is 3. The number of nitrogens with zero attached hydrogens (tertiary/aromatic N) is 3. The summed E-state index contributed by atoms with van der Waals surface area (Å²) in [4.78, 5) is 14.3. The quantitative estimate of drug-likeness (QED) is 0.399. The molecule has 0 saturated heterocycles. The third-order valence-electron chi connectivity index (χ3n) is 7.41. The van der Waals surface area contributed by atoms with Gasteiger partial charge in [-0.1, -0.05) is 18.1 Å². The van der Waals surface area contributed by atoms with Crippen LogP contribution in [-0.2, 0) is 16.8 Å². The largest absolute Gasteiger partial charge is 0.382 e. The average Bonchev–Trinajstić information content (AvgIpc) is 3.25. The van der Waals surface area contributed by atoms with Gasteiger partial charge in [0.05, 0.1) is 11.8 Å². The molecule has 2 aliphatic carbocycles. The Morgan fingerprint density at radius 1 is 1.09 bits per heavy atom. The van der Waals surface area contributed by atoms with E-state index in [1.807, 2.05) is 18.9 Å². The van der Waals surface area contributed by atoms with Gasteiger partial charge in [-0.3, -0.25) is 9.98 Å². The summed E-state index contributed by atoms with van der Waals surface area (Å²) in [6, 6.07) is 8.09. The van der Waals surface area contributed by atoms with Crippen molar-refractivity contribution in [2.24, 2.45) is 21.1 Å². The summed E-state index contributed by atoms with van der Waals surface area (Å²) in [5.74, 6) is 1.94. The second-order valence-corrected chi connectivity index (χ2v) is 9.48. The molecule has 0 radical (unpaired) electrons. The first kappa shape index (κ1) is 22.7. The van der Waals surface area contributed by atoms with Crippen molar-refractivity contribution in [2.45, 2.75) is 56.8 Å². The monoisotopic (exact) mass is 460 g/mol. The molecule has 1 saturated carbocycles. The Bertz CT molecular complexity index is 1240. The standard InChI is InChI=1S/C26H28N4O4/c1-16-23(27)30-26(29-16)22-12-18(20-11-17(14-28-15-20)5-10-25(31,32)33)3-4-19(22)13-24(26)8-6-21(34-2)7-9-24/h3-4,11-12,14-15,21,31-33H,6-9,13H2,1-2H3,(H2,27,30). The Labute approximate surface area is 198 Å². The third-order valence-corrected chi connectivity index (χ3v) is 7.41. The van der Waals surface area contributed by atoms with E-state index in [0.717, 1.165) is 54.5 Å². The first-order chi connectivity index (χ1) is 16.1. The van der Waals surface area contributed by atoms with Gasteiger partial charge in [0.25, 0.3) is 0 Å². The van der Waals surface area contributed by atoms with E-state index in [1.165, 1.54) is 11.8 Å². The Morgan fingerprint density at radius 2 is 1.85 bits per heavy atom. The van der Waals surface area contributed by atoms with Crippen LogP contribution in [0.2, 0.25) is 0 Å². The van der Waals surface area contributed by atoms with E-state index in [0.29, 0.717) is 11.4 Å². The Kier molecular flexibility index (Phi) is 5.34. The Hall–Kier alpha value is -3.09. The average molecular weight is 461 g/mol. The van der Waals surface area contributed by atoms with Crippen molar-refractivity contribution in [1.29, 1.82) is 0 Å². The number of benzene rings is 1. The topological polar surface area (TPSA) is 134 Å². The first-order valence-electron chi connectivity index (χ1n) is 11.4. The molecule has 1 unspecified atom stereocenters. The van der Waals surface area contributed by atoms with E-state index in [1.54, 1.807) is 19.4 Å². The van der Waals surface area contributed by atoms with Crippen LogP contribution in [0.5, 0.6) is 0 Å². The number of aliphatic hydroxyl groups is 3. The molecular formula is C26H28N4O4. The minimum absolute atomic E-state index is 0.135. The zero-order valence-corrected chi connectivity index (χ0v) is 19.2. The van der Waals surface area contributed by atoms with Crippen molar-refractivity contribution >= 4 is 11.5 Å². The number of nitrogens with two attached hydrogens (primary N) is 1. The molecule has 1 atom stereocenters. The van der Waals surface area contributed by atoms with E-state index in [-0.39, 0.29) is 11.5 Å². The number of ether oxygens (including phenoxy) is 1. The van der Waals surface area contributed by atoms with Gasteiger partial charge in [-0.2, -0.15) is 0 Å². The van der Waals surface area contributed by atoms with Gasteiger partial charge in [-0.15, -0.1) is 0 Å². The number of aromatic nitrogens is 1. The summed E-state index contributed by atoms with van der Waals surface area (Å²) in [5.41, 5.74) is 10.6. The molecule has 0 amide bonds. The lowest BCUT2D eigenvalue weighted by Gasteiger charge is -2.44. The summed E-state index contributed by atoms with van der Waals surface area (Å²) < 4.78 is 5.63. The summed E-state index contributed by atoms with van der Waals surface area (Å²) in [6.45, 7) is 1.92. The number of hydrogen-bond acceptors (Lipinski definition) is 8. The molecule has 8 heteroatoms. The molecule has 8 nitrogen and oxygen atoms in total. The minimum Gasteiger partial charge on any atom is -0.382 e. The maximum atomic E-state index is 9.06. The molecule has 3 aliphatic rings. The van der Waals surface area contributed by atoms with Crippen LogP contribution in [-0.4, -0.2) is 51.0 Å². The molecule has 34 heavy (non-hydrogen) atoms. The summed E-state index contributed by atoms with van der Waals surface area (Å²) in [5, 5.41) is 27.2. The Balaban J connectivity index is 1.58. The van der Waals surface area contributed by atoms with Gasteiger partial charge in [0.1, 0.15) is 5.84 Å². The molecule has 2 heterocycles. The molecular weight excluding hydrogens is 432 g/mol. The number of rotatable bonds is 2. The van der Waals surface area contributed by atoms with Crippen LogP contribution in [0.4, 0.5) is 0 Å². The summed E-state index contributed by atoms with van der Waals surface area (Å²) in [7, 11) is 1.77. The summed E-state index contributed by atoms with van der Waals surface area (Å²) >= 11 is 0. The zero-order valence-electron chi connectivity index (χ0n) is 19.2. The van der Waals surface area contributed by atoms with Gasteiger partial charge < -0.3 is 25.8 Å². The first-order valence-corrected chi connectivity index (χ1v) is 11.4. The zero-order chi connectivity index (χ0) is 24.1. The highest BCUT2D eigenvalue weighted by atomic mass is 16.7. The number of hydrogen-bond donors (Lipinski definition) is 4. The van der Waals surface area contributed by atoms with Crippen molar-refractivity contribution < 1.29 is 20.1 Å². The van der Waals surface area contributed by atoms with Gasteiger partial charge >= 0.3 is 5.97 Å². The van der Waals surface area contributed by atoms with Crippen molar-refractivity contribution in [2.75, 3.05) is 7.11 Å². The lowest BCUT2D eigenvalue weighted by atomic mass is 9.65. The second-order valence-electron chi connectivity index (χ2n) is 9.48. The maximum Gasteiger partial charge on any atom is 0.346 e. The molecule has 1 aromatic carbocycles. The number of amidine groups is 1. The van der Waals surface area contributed by atoms with E-state index < -0.39 is 11.6 Å². The minimum atomic E-state index is -3.05. The highest BCUT2D eigenvalue weighted by Gasteiger charge is 2.60. The second kappa shape index (κ2) is 8.00. The maximum absolute atomic E-state index is 9.06. The molecule has 1 aliphatic heterocycles. The van der Waals surface area contributed by atoms with Gasteiger partial charge in [-0.25, -0.2) is 4.99 Å². The highest BCUT2D eigenvalue weighted by Crippen LogP contribution is 2.62. The number of pyridine rings is 1. The van der Waals surface area contributed by atoms with Crippen LogP contribution in [0.15, 0.2) is 46.6 Å². The SMILES string of the molecule is COC1CCC2(CC1)Cc1ccc(-c3cncc(C#CC(O)(O)O)c3)cc1C21N=C(C)C(N)=N1. The molecule has 2 spiro atoms.